The van der Waals surface area contributed by atoms with Crippen molar-refractivity contribution in [3.63, 3.8) is 0 Å². The number of benzene rings is 1. The molecule has 2 saturated carbocycles. The third-order valence-corrected chi connectivity index (χ3v) is 6.09. The zero-order valence-corrected chi connectivity index (χ0v) is 14.8. The molecule has 0 unspecified atom stereocenters. The van der Waals surface area contributed by atoms with Gasteiger partial charge in [-0.1, -0.05) is 22.9 Å². The summed E-state index contributed by atoms with van der Waals surface area (Å²) in [6.45, 7) is 2.39. The number of carbonyl (C=O) groups is 2. The van der Waals surface area contributed by atoms with Gasteiger partial charge in [0.1, 0.15) is 6.54 Å². The van der Waals surface area contributed by atoms with E-state index in [-0.39, 0.29) is 24.4 Å². The molecule has 23 heavy (non-hydrogen) atoms. The van der Waals surface area contributed by atoms with Crippen LogP contribution in [0.2, 0.25) is 0 Å². The van der Waals surface area contributed by atoms with E-state index in [1.54, 1.807) is 4.90 Å². The first kappa shape index (κ1) is 15.2. The summed E-state index contributed by atoms with van der Waals surface area (Å²) in [6, 6.07) is 6.35. The fourth-order valence-electron chi connectivity index (χ4n) is 4.20. The van der Waals surface area contributed by atoms with Crippen LogP contribution in [0.25, 0.3) is 0 Å². The van der Waals surface area contributed by atoms with Gasteiger partial charge in [0, 0.05) is 28.0 Å². The van der Waals surface area contributed by atoms with Gasteiger partial charge in [-0.2, -0.15) is 0 Å². The second-order valence-corrected chi connectivity index (χ2v) is 8.17. The van der Waals surface area contributed by atoms with E-state index in [1.165, 1.54) is 0 Å². The van der Waals surface area contributed by atoms with E-state index in [1.807, 2.05) is 12.1 Å². The Balaban J connectivity index is 1.50. The molecule has 2 amide bonds. The first-order valence-corrected chi connectivity index (χ1v) is 9.22. The average Bonchev–Trinajstić information content (AvgIpc) is 2.42. The van der Waals surface area contributed by atoms with Crippen molar-refractivity contribution in [2.24, 2.45) is 5.92 Å². The fraction of sp³-hybridized carbons (Fsp3) is 0.556. The van der Waals surface area contributed by atoms with Crippen molar-refractivity contribution in [1.29, 1.82) is 0 Å². The molecule has 0 bridgehead atoms. The normalized spacial score (nSPS) is 31.6. The van der Waals surface area contributed by atoms with Crippen molar-refractivity contribution in [3.05, 3.63) is 33.8 Å². The number of hydrogen-bond donors (Lipinski definition) is 1. The molecule has 2 atom stereocenters. The molecule has 122 valence electrons. The van der Waals surface area contributed by atoms with Gasteiger partial charge in [-0.25, -0.2) is 0 Å². The van der Waals surface area contributed by atoms with Crippen LogP contribution in [0.1, 0.15) is 54.4 Å². The highest BCUT2D eigenvalue weighted by molar-refractivity contribution is 9.10. The lowest BCUT2D eigenvalue weighted by Crippen LogP contribution is -2.57. The summed E-state index contributed by atoms with van der Waals surface area (Å²) in [6.07, 6.45) is 4.21. The Morgan fingerprint density at radius 2 is 2.13 bits per heavy atom. The Kier molecular flexibility index (Phi) is 3.71. The van der Waals surface area contributed by atoms with E-state index < -0.39 is 0 Å². The molecule has 2 fully saturated rings. The maximum absolute atomic E-state index is 12.8. The maximum Gasteiger partial charge on any atom is 0.254 e. The number of carbonyl (C=O) groups excluding carboxylic acids is 2. The molecule has 5 heteroatoms. The van der Waals surface area contributed by atoms with Gasteiger partial charge in [0.05, 0.1) is 0 Å². The summed E-state index contributed by atoms with van der Waals surface area (Å²) >= 11 is 3.49. The lowest BCUT2D eigenvalue weighted by Gasteiger charge is -2.48. The van der Waals surface area contributed by atoms with E-state index in [9.17, 15) is 9.59 Å². The van der Waals surface area contributed by atoms with Gasteiger partial charge in [0.15, 0.2) is 0 Å². The number of nitrogens with one attached hydrogen (secondary N) is 1. The standard InChI is InChI=1S/C18H21BrN2O2/c1-10-6-12(7-10)20-17(22)9-21-16-5-4-13(16)15-8-11(19)2-3-14(15)18(21)23/h2-3,8,10,12-13,16H,4-7,9H2,1H3,(H,20,22)/t10?,12?,13-,16-/m1/s1. The molecule has 2 aliphatic carbocycles. The van der Waals surface area contributed by atoms with Crippen molar-refractivity contribution in [2.75, 3.05) is 6.54 Å². The molecule has 1 aromatic rings. The summed E-state index contributed by atoms with van der Waals surface area (Å²) in [7, 11) is 0. The molecule has 4 nitrogen and oxygen atoms in total. The second kappa shape index (κ2) is 5.62. The predicted molar refractivity (Wildman–Crippen MR) is 91.3 cm³/mol. The van der Waals surface area contributed by atoms with Crippen LogP contribution in [-0.2, 0) is 4.79 Å². The zero-order chi connectivity index (χ0) is 16.1. The van der Waals surface area contributed by atoms with Crippen molar-refractivity contribution < 1.29 is 9.59 Å². The number of halogens is 1. The number of hydrogen-bond acceptors (Lipinski definition) is 2. The van der Waals surface area contributed by atoms with Crippen LogP contribution in [0.15, 0.2) is 22.7 Å². The Bertz CT molecular complexity index is 669. The summed E-state index contributed by atoms with van der Waals surface area (Å²) < 4.78 is 1.01. The first-order valence-electron chi connectivity index (χ1n) is 8.42. The number of nitrogens with zero attached hydrogens (tertiary/aromatic N) is 1. The SMILES string of the molecule is CC1CC(NC(=O)CN2C(=O)c3ccc(Br)cc3[C@H]3CC[C@H]32)C1. The van der Waals surface area contributed by atoms with Crippen LogP contribution in [0, 0.1) is 5.92 Å². The van der Waals surface area contributed by atoms with E-state index >= 15 is 0 Å². The first-order chi connectivity index (χ1) is 11.0. The van der Waals surface area contributed by atoms with Crippen LogP contribution < -0.4 is 5.32 Å². The topological polar surface area (TPSA) is 49.4 Å². The van der Waals surface area contributed by atoms with Crippen molar-refractivity contribution in [3.8, 4) is 0 Å². The number of fused-ring (bicyclic) bond motifs is 3. The predicted octanol–water partition coefficient (Wildman–Crippen LogP) is 3.07. The highest BCUT2D eigenvalue weighted by Gasteiger charge is 2.45. The quantitative estimate of drug-likeness (QED) is 0.880. The molecule has 0 radical (unpaired) electrons. The van der Waals surface area contributed by atoms with Gasteiger partial charge in [0.2, 0.25) is 5.91 Å². The highest BCUT2D eigenvalue weighted by atomic mass is 79.9. The molecule has 0 spiro atoms. The van der Waals surface area contributed by atoms with E-state index in [0.29, 0.717) is 17.9 Å². The summed E-state index contributed by atoms with van der Waals surface area (Å²) in [5, 5.41) is 3.07. The van der Waals surface area contributed by atoms with Crippen molar-refractivity contribution >= 4 is 27.7 Å². The minimum absolute atomic E-state index is 0.00516. The summed E-state index contributed by atoms with van der Waals surface area (Å²) in [5.41, 5.74) is 1.91. The summed E-state index contributed by atoms with van der Waals surface area (Å²) in [5.74, 6) is 1.09. The molecule has 4 rings (SSSR count). The zero-order valence-electron chi connectivity index (χ0n) is 13.2. The minimum Gasteiger partial charge on any atom is -0.352 e. The smallest absolute Gasteiger partial charge is 0.254 e. The van der Waals surface area contributed by atoms with Crippen LogP contribution >= 0.6 is 15.9 Å². The van der Waals surface area contributed by atoms with Gasteiger partial charge in [0.25, 0.3) is 5.91 Å². The molecular weight excluding hydrogens is 356 g/mol. The fourth-order valence-corrected chi connectivity index (χ4v) is 4.57. The molecule has 0 aromatic heterocycles. The Morgan fingerprint density at radius 3 is 2.78 bits per heavy atom. The second-order valence-electron chi connectivity index (χ2n) is 7.26. The van der Waals surface area contributed by atoms with E-state index in [4.69, 9.17) is 0 Å². The van der Waals surface area contributed by atoms with Crippen LogP contribution in [-0.4, -0.2) is 35.3 Å². The minimum atomic E-state index is -0.0125. The van der Waals surface area contributed by atoms with Gasteiger partial charge >= 0.3 is 0 Å². The molecule has 0 saturated heterocycles. The maximum atomic E-state index is 12.8. The van der Waals surface area contributed by atoms with Gasteiger partial charge in [-0.15, -0.1) is 0 Å². The molecule has 1 heterocycles. The summed E-state index contributed by atoms with van der Waals surface area (Å²) in [4.78, 5) is 26.9. The lowest BCUT2D eigenvalue weighted by molar-refractivity contribution is -0.124. The van der Waals surface area contributed by atoms with Crippen LogP contribution in [0.3, 0.4) is 0 Å². The lowest BCUT2D eigenvalue weighted by atomic mass is 9.70. The van der Waals surface area contributed by atoms with E-state index in [0.717, 1.165) is 41.3 Å². The van der Waals surface area contributed by atoms with Crippen LogP contribution in [0.4, 0.5) is 0 Å². The third kappa shape index (κ3) is 2.59. The largest absolute Gasteiger partial charge is 0.352 e. The molecular formula is C18H21BrN2O2. The van der Waals surface area contributed by atoms with Gasteiger partial charge < -0.3 is 10.2 Å². The molecule has 1 aromatic carbocycles. The Labute approximate surface area is 144 Å². The van der Waals surface area contributed by atoms with E-state index in [2.05, 4.69) is 34.2 Å². The highest BCUT2D eigenvalue weighted by Crippen LogP contribution is 2.46. The monoisotopic (exact) mass is 376 g/mol. The molecule has 3 aliphatic rings. The third-order valence-electron chi connectivity index (χ3n) is 5.60. The van der Waals surface area contributed by atoms with Crippen molar-refractivity contribution in [1.82, 2.24) is 10.2 Å². The Hall–Kier alpha value is -1.36. The number of amides is 2. The number of rotatable bonds is 3. The van der Waals surface area contributed by atoms with Gasteiger partial charge in [-0.05, 0) is 55.4 Å². The van der Waals surface area contributed by atoms with Crippen molar-refractivity contribution in [2.45, 2.75) is 50.6 Å². The van der Waals surface area contributed by atoms with Crippen LogP contribution in [0.5, 0.6) is 0 Å². The Morgan fingerprint density at radius 1 is 1.35 bits per heavy atom. The molecule has 1 aliphatic heterocycles. The average molecular weight is 377 g/mol. The molecule has 1 N–H and O–H groups in total. The van der Waals surface area contributed by atoms with Gasteiger partial charge in [-0.3, -0.25) is 9.59 Å².